The second-order valence-corrected chi connectivity index (χ2v) is 6.85. The Bertz CT molecular complexity index is 528. The summed E-state index contributed by atoms with van der Waals surface area (Å²) in [5, 5.41) is 2.63. The van der Waals surface area contributed by atoms with Crippen LogP contribution in [0.5, 0.6) is 5.19 Å². The predicted octanol–water partition coefficient (Wildman–Crippen LogP) is 2.33. The summed E-state index contributed by atoms with van der Waals surface area (Å²) < 4.78 is 5.82. The first-order valence-corrected chi connectivity index (χ1v) is 8.21. The van der Waals surface area contributed by atoms with Crippen molar-refractivity contribution in [1.82, 2.24) is 9.88 Å². The van der Waals surface area contributed by atoms with E-state index in [4.69, 9.17) is 4.74 Å². The summed E-state index contributed by atoms with van der Waals surface area (Å²) in [4.78, 5) is 18.7. The van der Waals surface area contributed by atoms with Gasteiger partial charge in [0.2, 0.25) is 5.91 Å². The van der Waals surface area contributed by atoms with Crippen molar-refractivity contribution in [1.29, 1.82) is 0 Å². The van der Waals surface area contributed by atoms with Gasteiger partial charge in [-0.05, 0) is 24.7 Å². The number of hydrogen-bond acceptors (Lipinski definition) is 4. The van der Waals surface area contributed by atoms with Crippen LogP contribution in [-0.4, -0.2) is 35.0 Å². The van der Waals surface area contributed by atoms with E-state index >= 15 is 0 Å². The predicted molar refractivity (Wildman–Crippen MR) is 76.6 cm³/mol. The van der Waals surface area contributed by atoms with Crippen LogP contribution < -0.4 is 4.74 Å². The number of likely N-dealkylation sites (tertiary alicyclic amines) is 1. The summed E-state index contributed by atoms with van der Waals surface area (Å²) in [7, 11) is 0. The maximum atomic E-state index is 12.6. The number of allylic oxidation sites excluding steroid dienone is 2. The van der Waals surface area contributed by atoms with Crippen molar-refractivity contribution in [2.75, 3.05) is 13.1 Å². The third kappa shape index (κ3) is 2.14. The third-order valence-corrected chi connectivity index (χ3v) is 5.39. The first-order valence-electron chi connectivity index (χ1n) is 7.33. The normalized spacial score (nSPS) is 34.9. The number of rotatable bonds is 3. The molecular formula is C15H18N2O2S. The summed E-state index contributed by atoms with van der Waals surface area (Å²) in [6, 6.07) is 0. The lowest BCUT2D eigenvalue weighted by Crippen LogP contribution is -2.37. The smallest absolute Gasteiger partial charge is 0.273 e. The zero-order valence-electron chi connectivity index (χ0n) is 11.3. The van der Waals surface area contributed by atoms with E-state index in [1.165, 1.54) is 17.8 Å². The van der Waals surface area contributed by atoms with Crippen molar-refractivity contribution in [2.24, 2.45) is 17.8 Å². The Balaban J connectivity index is 1.36. The molecule has 1 aromatic rings. The Hall–Kier alpha value is -1.36. The third-order valence-electron chi connectivity index (χ3n) is 4.73. The molecule has 0 spiro atoms. The first-order chi connectivity index (χ1) is 9.79. The van der Waals surface area contributed by atoms with Crippen LogP contribution >= 0.6 is 11.3 Å². The van der Waals surface area contributed by atoms with Gasteiger partial charge in [0, 0.05) is 30.5 Å². The molecule has 4 rings (SSSR count). The highest BCUT2D eigenvalue weighted by Gasteiger charge is 2.42. The molecule has 4 nitrogen and oxygen atoms in total. The van der Waals surface area contributed by atoms with E-state index in [1.807, 2.05) is 10.3 Å². The molecule has 2 bridgehead atoms. The quantitative estimate of drug-likeness (QED) is 0.802. The lowest BCUT2D eigenvalue weighted by molar-refractivity contribution is -0.135. The highest BCUT2D eigenvalue weighted by molar-refractivity contribution is 7.11. The van der Waals surface area contributed by atoms with Crippen LogP contribution in [0.25, 0.3) is 0 Å². The minimum Gasteiger partial charge on any atom is -0.465 e. The summed E-state index contributed by atoms with van der Waals surface area (Å²) >= 11 is 1.51. The van der Waals surface area contributed by atoms with Gasteiger partial charge in [-0.3, -0.25) is 4.79 Å². The van der Waals surface area contributed by atoms with Gasteiger partial charge in [0.05, 0.1) is 6.54 Å². The Kier molecular flexibility index (Phi) is 3.02. The minimum absolute atomic E-state index is 0.110. The first kappa shape index (κ1) is 12.4. The van der Waals surface area contributed by atoms with Gasteiger partial charge in [-0.1, -0.05) is 23.5 Å². The standard InChI is InChI=1S/C15H18N2O2S/c18-14(13-8-10-1-2-11(13)7-10)17-5-3-12(9-17)19-15-16-4-6-20-15/h1-2,4,6,10-13H,3,5,7-9H2. The molecule has 1 amide bonds. The second kappa shape index (κ2) is 4.88. The van der Waals surface area contributed by atoms with E-state index in [-0.39, 0.29) is 12.0 Å². The van der Waals surface area contributed by atoms with E-state index < -0.39 is 0 Å². The largest absolute Gasteiger partial charge is 0.465 e. The molecular weight excluding hydrogens is 272 g/mol. The van der Waals surface area contributed by atoms with Crippen LogP contribution in [0.4, 0.5) is 0 Å². The summed E-state index contributed by atoms with van der Waals surface area (Å²) in [6.45, 7) is 1.54. The van der Waals surface area contributed by atoms with E-state index in [0.717, 1.165) is 25.9 Å². The molecule has 2 aliphatic carbocycles. The molecule has 2 heterocycles. The number of carbonyl (C=O) groups excluding carboxylic acids is 1. The number of hydrogen-bond donors (Lipinski definition) is 0. The van der Waals surface area contributed by atoms with Crippen molar-refractivity contribution in [3.63, 3.8) is 0 Å². The lowest BCUT2D eigenvalue weighted by atomic mass is 9.92. The van der Waals surface area contributed by atoms with Gasteiger partial charge in [-0.15, -0.1) is 0 Å². The fourth-order valence-electron chi connectivity index (χ4n) is 3.73. The fraction of sp³-hybridized carbons (Fsp3) is 0.600. The average molecular weight is 290 g/mol. The molecule has 20 heavy (non-hydrogen) atoms. The van der Waals surface area contributed by atoms with Crippen molar-refractivity contribution < 1.29 is 9.53 Å². The number of thiazole rings is 1. The molecule has 4 atom stereocenters. The number of amides is 1. The summed E-state index contributed by atoms with van der Waals surface area (Å²) in [5.74, 6) is 1.71. The molecule has 1 aliphatic heterocycles. The SMILES string of the molecule is O=C(C1CC2C=CC1C2)N1CCC(Oc2nccs2)C1. The molecule has 0 N–H and O–H groups in total. The van der Waals surface area contributed by atoms with Crippen LogP contribution in [0.2, 0.25) is 0 Å². The van der Waals surface area contributed by atoms with Crippen LogP contribution in [0, 0.1) is 17.8 Å². The van der Waals surface area contributed by atoms with Crippen molar-refractivity contribution in [2.45, 2.75) is 25.4 Å². The molecule has 0 aromatic carbocycles. The summed E-state index contributed by atoms with van der Waals surface area (Å²) in [6.07, 6.45) is 9.54. The average Bonchev–Trinajstić information content (AvgIpc) is 3.23. The highest BCUT2D eigenvalue weighted by Crippen LogP contribution is 2.44. The Morgan fingerprint density at radius 2 is 2.35 bits per heavy atom. The van der Waals surface area contributed by atoms with Crippen LogP contribution in [0.1, 0.15) is 19.3 Å². The molecule has 4 unspecified atom stereocenters. The lowest BCUT2D eigenvalue weighted by Gasteiger charge is -2.24. The highest BCUT2D eigenvalue weighted by atomic mass is 32.1. The van der Waals surface area contributed by atoms with Crippen molar-refractivity contribution >= 4 is 17.2 Å². The van der Waals surface area contributed by atoms with Crippen LogP contribution in [0.3, 0.4) is 0 Å². The molecule has 5 heteroatoms. The van der Waals surface area contributed by atoms with Gasteiger partial charge in [-0.2, -0.15) is 0 Å². The molecule has 106 valence electrons. The molecule has 2 fully saturated rings. The maximum absolute atomic E-state index is 12.6. The van der Waals surface area contributed by atoms with E-state index in [2.05, 4.69) is 17.1 Å². The molecule has 3 aliphatic rings. The number of aromatic nitrogens is 1. The molecule has 1 saturated heterocycles. The van der Waals surface area contributed by atoms with Crippen LogP contribution in [-0.2, 0) is 4.79 Å². The van der Waals surface area contributed by atoms with Gasteiger partial charge in [0.1, 0.15) is 6.10 Å². The van der Waals surface area contributed by atoms with E-state index in [0.29, 0.717) is 22.9 Å². The number of fused-ring (bicyclic) bond motifs is 2. The molecule has 0 radical (unpaired) electrons. The zero-order valence-corrected chi connectivity index (χ0v) is 12.1. The topological polar surface area (TPSA) is 42.4 Å². The summed E-state index contributed by atoms with van der Waals surface area (Å²) in [5.41, 5.74) is 0. The van der Waals surface area contributed by atoms with E-state index in [9.17, 15) is 4.79 Å². The Morgan fingerprint density at radius 3 is 3.05 bits per heavy atom. The van der Waals surface area contributed by atoms with Crippen molar-refractivity contribution in [3.8, 4) is 5.19 Å². The van der Waals surface area contributed by atoms with Gasteiger partial charge in [0.15, 0.2) is 0 Å². The minimum atomic E-state index is 0.110. The van der Waals surface area contributed by atoms with Gasteiger partial charge in [0.25, 0.3) is 5.19 Å². The van der Waals surface area contributed by atoms with Gasteiger partial charge >= 0.3 is 0 Å². The molecule has 1 saturated carbocycles. The Morgan fingerprint density at radius 1 is 1.40 bits per heavy atom. The van der Waals surface area contributed by atoms with Crippen LogP contribution in [0.15, 0.2) is 23.7 Å². The monoisotopic (exact) mass is 290 g/mol. The van der Waals surface area contributed by atoms with E-state index in [1.54, 1.807) is 6.20 Å². The Labute approximate surface area is 122 Å². The van der Waals surface area contributed by atoms with Gasteiger partial charge in [-0.25, -0.2) is 4.98 Å². The number of ether oxygens (including phenoxy) is 1. The fourth-order valence-corrected chi connectivity index (χ4v) is 4.29. The maximum Gasteiger partial charge on any atom is 0.273 e. The number of nitrogens with zero attached hydrogens (tertiary/aromatic N) is 2. The molecule has 1 aromatic heterocycles. The zero-order chi connectivity index (χ0) is 13.5. The van der Waals surface area contributed by atoms with Gasteiger partial charge < -0.3 is 9.64 Å². The second-order valence-electron chi connectivity index (χ2n) is 6.00. The number of carbonyl (C=O) groups is 1. The van der Waals surface area contributed by atoms with Crippen molar-refractivity contribution in [3.05, 3.63) is 23.7 Å².